The standard InChI is InChI=1S/C16H18ClN3O2/c1-9(2)19-14-7-5-12(11-4-6-13(17)18-8-11)20(14)16(22)10(3)15(19)21/h4,6,8-9,12H,5,7H2,1-3H3/p+1. The third-order valence-corrected chi connectivity index (χ3v) is 4.49. The van der Waals surface area contributed by atoms with Crippen molar-refractivity contribution in [3.63, 3.8) is 0 Å². The molecule has 0 saturated heterocycles. The van der Waals surface area contributed by atoms with Gasteiger partial charge in [0, 0.05) is 18.2 Å². The van der Waals surface area contributed by atoms with Crippen LogP contribution in [0.4, 0.5) is 0 Å². The van der Waals surface area contributed by atoms with E-state index in [4.69, 9.17) is 11.6 Å². The number of fused-ring (bicyclic) bond motifs is 1. The molecule has 1 unspecified atom stereocenters. The van der Waals surface area contributed by atoms with Gasteiger partial charge in [-0.15, -0.1) is 0 Å². The molecular weight excluding hydrogens is 302 g/mol. The normalized spacial score (nSPS) is 17.0. The van der Waals surface area contributed by atoms with Crippen molar-refractivity contribution in [1.82, 2.24) is 9.55 Å². The molecule has 0 aromatic carbocycles. The fourth-order valence-corrected chi connectivity index (χ4v) is 3.32. The molecule has 1 atom stereocenters. The van der Waals surface area contributed by atoms with Gasteiger partial charge in [-0.3, -0.25) is 0 Å². The quantitative estimate of drug-likeness (QED) is 0.682. The van der Waals surface area contributed by atoms with Gasteiger partial charge in [0.2, 0.25) is 0 Å². The van der Waals surface area contributed by atoms with Gasteiger partial charge in [0.25, 0.3) is 11.7 Å². The van der Waals surface area contributed by atoms with Gasteiger partial charge in [0.05, 0.1) is 12.5 Å². The van der Waals surface area contributed by atoms with Crippen LogP contribution in [0.5, 0.6) is 5.88 Å². The number of halogens is 1. The van der Waals surface area contributed by atoms with Crippen LogP contribution in [0.3, 0.4) is 0 Å². The van der Waals surface area contributed by atoms with Crippen molar-refractivity contribution in [2.45, 2.75) is 45.7 Å². The number of rotatable bonds is 2. The van der Waals surface area contributed by atoms with E-state index in [9.17, 15) is 9.90 Å². The summed E-state index contributed by atoms with van der Waals surface area (Å²) in [5, 5.41) is 10.9. The molecule has 1 N–H and O–H groups in total. The van der Waals surface area contributed by atoms with Gasteiger partial charge in [0.15, 0.2) is 0 Å². The van der Waals surface area contributed by atoms with Crippen LogP contribution in [0, 0.1) is 6.92 Å². The maximum Gasteiger partial charge on any atom is 0.344 e. The van der Waals surface area contributed by atoms with Gasteiger partial charge >= 0.3 is 5.56 Å². The number of aromatic hydroxyl groups is 1. The first-order chi connectivity index (χ1) is 10.4. The molecule has 116 valence electrons. The van der Waals surface area contributed by atoms with Gasteiger partial charge in [-0.1, -0.05) is 17.7 Å². The summed E-state index contributed by atoms with van der Waals surface area (Å²) in [4.78, 5) is 16.6. The Balaban J connectivity index is 2.22. The molecule has 2 aromatic rings. The summed E-state index contributed by atoms with van der Waals surface area (Å²) in [6, 6.07) is 3.69. The molecule has 0 spiro atoms. The average Bonchev–Trinajstić information content (AvgIpc) is 2.90. The lowest BCUT2D eigenvalue weighted by molar-refractivity contribution is -0.717. The monoisotopic (exact) mass is 320 g/mol. The van der Waals surface area contributed by atoms with Crippen molar-refractivity contribution in [2.24, 2.45) is 0 Å². The second-order valence-corrected chi connectivity index (χ2v) is 6.36. The molecule has 1 aliphatic heterocycles. The lowest BCUT2D eigenvalue weighted by Gasteiger charge is -2.15. The summed E-state index contributed by atoms with van der Waals surface area (Å²) >= 11 is 5.85. The van der Waals surface area contributed by atoms with E-state index < -0.39 is 0 Å². The maximum atomic E-state index is 12.4. The van der Waals surface area contributed by atoms with E-state index in [0.717, 1.165) is 24.2 Å². The van der Waals surface area contributed by atoms with Gasteiger partial charge in [-0.05, 0) is 26.8 Å². The van der Waals surface area contributed by atoms with Crippen LogP contribution in [-0.4, -0.2) is 14.7 Å². The molecule has 22 heavy (non-hydrogen) atoms. The van der Waals surface area contributed by atoms with E-state index in [1.807, 2.05) is 24.5 Å². The average molecular weight is 321 g/mol. The van der Waals surface area contributed by atoms with E-state index in [1.165, 1.54) is 0 Å². The first-order valence-electron chi connectivity index (χ1n) is 7.41. The molecular formula is C16H19ClN3O2+. The third-order valence-electron chi connectivity index (χ3n) is 4.26. The highest BCUT2D eigenvalue weighted by Crippen LogP contribution is 2.28. The minimum Gasteiger partial charge on any atom is -0.477 e. The van der Waals surface area contributed by atoms with E-state index >= 15 is 0 Å². The molecule has 0 bridgehead atoms. The second-order valence-electron chi connectivity index (χ2n) is 5.97. The van der Waals surface area contributed by atoms with Crippen molar-refractivity contribution >= 4 is 11.6 Å². The largest absolute Gasteiger partial charge is 0.477 e. The topological polar surface area (TPSA) is 59.0 Å². The van der Waals surface area contributed by atoms with E-state index in [1.54, 1.807) is 23.8 Å². The minimum atomic E-state index is -0.117. The highest BCUT2D eigenvalue weighted by atomic mass is 35.5. The molecule has 0 fully saturated rings. The fourth-order valence-electron chi connectivity index (χ4n) is 3.21. The highest BCUT2D eigenvalue weighted by molar-refractivity contribution is 6.29. The fraction of sp³-hybridized carbons (Fsp3) is 0.438. The minimum absolute atomic E-state index is 0.0240. The van der Waals surface area contributed by atoms with Crippen LogP contribution < -0.4 is 10.1 Å². The van der Waals surface area contributed by atoms with Crippen LogP contribution in [-0.2, 0) is 6.42 Å². The number of pyridine rings is 1. The van der Waals surface area contributed by atoms with Gasteiger partial charge in [0.1, 0.15) is 16.8 Å². The molecule has 0 saturated carbocycles. The number of aromatic nitrogens is 3. The lowest BCUT2D eigenvalue weighted by atomic mass is 10.1. The number of hydrogen-bond acceptors (Lipinski definition) is 3. The first-order valence-corrected chi connectivity index (χ1v) is 7.79. The Labute approximate surface area is 133 Å². The van der Waals surface area contributed by atoms with E-state index in [-0.39, 0.29) is 23.5 Å². The van der Waals surface area contributed by atoms with Crippen LogP contribution in [0.25, 0.3) is 0 Å². The van der Waals surface area contributed by atoms with Crippen molar-refractivity contribution < 1.29 is 9.67 Å². The Bertz CT molecular complexity index is 781. The molecule has 0 aliphatic carbocycles. The summed E-state index contributed by atoms with van der Waals surface area (Å²) in [5.41, 5.74) is 1.25. The predicted octanol–water partition coefficient (Wildman–Crippen LogP) is 2.31. The van der Waals surface area contributed by atoms with Crippen LogP contribution in [0.2, 0.25) is 5.15 Å². The Morgan fingerprint density at radius 1 is 1.45 bits per heavy atom. The number of hydrogen-bond donors (Lipinski definition) is 1. The summed E-state index contributed by atoms with van der Waals surface area (Å²) in [7, 11) is 0. The Morgan fingerprint density at radius 2 is 2.18 bits per heavy atom. The summed E-state index contributed by atoms with van der Waals surface area (Å²) in [6.45, 7) is 5.63. The molecule has 2 aromatic heterocycles. The molecule has 1 aliphatic rings. The summed E-state index contributed by atoms with van der Waals surface area (Å²) in [5.74, 6) is 0.914. The SMILES string of the molecule is Cc1c(O)[n+]2c(n(C(C)C)c1=O)CCC2c1ccc(Cl)nc1. The molecule has 3 heterocycles. The Hall–Kier alpha value is -1.88. The van der Waals surface area contributed by atoms with Crippen LogP contribution in [0.1, 0.15) is 49.3 Å². The second kappa shape index (κ2) is 5.39. The van der Waals surface area contributed by atoms with Crippen molar-refractivity contribution in [3.05, 3.63) is 50.8 Å². The lowest BCUT2D eigenvalue weighted by Crippen LogP contribution is -2.46. The summed E-state index contributed by atoms with van der Waals surface area (Å²) in [6.07, 6.45) is 3.30. The molecule has 3 rings (SSSR count). The smallest absolute Gasteiger partial charge is 0.344 e. The van der Waals surface area contributed by atoms with Gasteiger partial charge < -0.3 is 5.11 Å². The zero-order chi connectivity index (χ0) is 16.0. The molecule has 5 nitrogen and oxygen atoms in total. The number of nitrogens with zero attached hydrogens (tertiary/aromatic N) is 3. The Morgan fingerprint density at radius 3 is 2.77 bits per heavy atom. The van der Waals surface area contributed by atoms with E-state index in [2.05, 4.69) is 4.98 Å². The van der Waals surface area contributed by atoms with Crippen molar-refractivity contribution in [3.8, 4) is 5.88 Å². The zero-order valence-corrected chi connectivity index (χ0v) is 13.6. The van der Waals surface area contributed by atoms with Gasteiger partial charge in [-0.2, -0.15) is 9.13 Å². The summed E-state index contributed by atoms with van der Waals surface area (Å²) < 4.78 is 3.64. The highest BCUT2D eigenvalue weighted by Gasteiger charge is 2.38. The van der Waals surface area contributed by atoms with Crippen LogP contribution >= 0.6 is 11.6 Å². The van der Waals surface area contributed by atoms with Crippen LogP contribution in [0.15, 0.2) is 23.1 Å². The molecule has 6 heteroatoms. The van der Waals surface area contributed by atoms with Crippen molar-refractivity contribution in [2.75, 3.05) is 0 Å². The maximum absolute atomic E-state index is 12.4. The molecule has 0 radical (unpaired) electrons. The molecule has 0 amide bonds. The van der Waals surface area contributed by atoms with Gasteiger partial charge in [-0.25, -0.2) is 9.78 Å². The van der Waals surface area contributed by atoms with E-state index in [0.29, 0.717) is 10.7 Å². The first kappa shape index (κ1) is 15.0. The Kier molecular flexibility index (Phi) is 3.68. The predicted molar refractivity (Wildman–Crippen MR) is 83.4 cm³/mol. The zero-order valence-electron chi connectivity index (χ0n) is 12.9. The third kappa shape index (κ3) is 2.20. The van der Waals surface area contributed by atoms with Crippen molar-refractivity contribution in [1.29, 1.82) is 0 Å².